The molecule has 0 saturated heterocycles. The Hall–Kier alpha value is -3.19. The van der Waals surface area contributed by atoms with E-state index in [1.165, 1.54) is 0 Å². The van der Waals surface area contributed by atoms with E-state index in [2.05, 4.69) is 4.57 Å². The van der Waals surface area contributed by atoms with Gasteiger partial charge in [-0.2, -0.15) is 0 Å². The van der Waals surface area contributed by atoms with Gasteiger partial charge in [-0.05, 0) is 30.5 Å². The van der Waals surface area contributed by atoms with Crippen LogP contribution in [0.4, 0.5) is 0 Å². The van der Waals surface area contributed by atoms with Crippen LogP contribution in [0.25, 0.3) is 10.9 Å². The quantitative estimate of drug-likeness (QED) is 0.612. The van der Waals surface area contributed by atoms with Gasteiger partial charge in [0.05, 0.1) is 11.4 Å². The second-order valence-electron chi connectivity index (χ2n) is 7.07. The molecule has 0 radical (unpaired) electrons. The van der Waals surface area contributed by atoms with Crippen LogP contribution in [-0.4, -0.2) is 33.0 Å². The predicted octanol–water partition coefficient (Wildman–Crippen LogP) is 3.04. The Morgan fingerprint density at radius 3 is 2.59 bits per heavy atom. The molecule has 7 heteroatoms. The first kappa shape index (κ1) is 19.1. The minimum Gasteiger partial charge on any atom is -0.481 e. The van der Waals surface area contributed by atoms with Crippen molar-refractivity contribution < 1.29 is 19.4 Å². The maximum Gasteiger partial charge on any atom is 0.341 e. The monoisotopic (exact) mass is 408 g/mol. The number of nitrogens with two attached hydrogens (primary N) is 1. The lowest BCUT2D eigenvalue weighted by Crippen LogP contribution is -2.31. The number of benzene rings is 2. The minimum absolute atomic E-state index is 0.420. The van der Waals surface area contributed by atoms with E-state index in [4.69, 9.17) is 27.8 Å². The van der Waals surface area contributed by atoms with Gasteiger partial charge in [0.25, 0.3) is 0 Å². The number of aromatic nitrogens is 1. The number of carbonyl (C=O) groups excluding carboxylic acids is 1. The molecule has 0 bridgehead atoms. The number of carbonyl (C=O) groups is 2. The smallest absolute Gasteiger partial charge is 0.341 e. The molecule has 2 aromatic carbocycles. The van der Waals surface area contributed by atoms with Crippen LogP contribution in [0.3, 0.4) is 0 Å². The molecule has 0 fully saturated rings. The molecule has 148 valence electrons. The SMILES string of the molecule is NC(=O)C1C(=S)CCc2c1c1c(OCC(=O)O)cccc1n2Cc1ccccc1. The molecule has 1 aromatic heterocycles. The van der Waals surface area contributed by atoms with Crippen LogP contribution < -0.4 is 10.5 Å². The fourth-order valence-electron chi connectivity index (χ4n) is 4.09. The molecule has 6 nitrogen and oxygen atoms in total. The van der Waals surface area contributed by atoms with Crippen molar-refractivity contribution in [3.05, 3.63) is 65.4 Å². The number of nitrogens with zero attached hydrogens (tertiary/aromatic N) is 1. The van der Waals surface area contributed by atoms with E-state index < -0.39 is 24.4 Å². The summed E-state index contributed by atoms with van der Waals surface area (Å²) >= 11 is 5.49. The largest absolute Gasteiger partial charge is 0.481 e. The average Bonchev–Trinajstić information content (AvgIpc) is 3.01. The van der Waals surface area contributed by atoms with Gasteiger partial charge in [0.1, 0.15) is 5.75 Å². The van der Waals surface area contributed by atoms with Crippen LogP contribution in [0, 0.1) is 0 Å². The third kappa shape index (κ3) is 3.49. The molecule has 4 rings (SSSR count). The summed E-state index contributed by atoms with van der Waals surface area (Å²) in [6.45, 7) is 0.150. The number of carboxylic acids is 1. The topological polar surface area (TPSA) is 94.6 Å². The fourth-order valence-corrected chi connectivity index (χ4v) is 4.42. The second-order valence-corrected chi connectivity index (χ2v) is 7.59. The van der Waals surface area contributed by atoms with E-state index >= 15 is 0 Å². The first-order valence-electron chi connectivity index (χ1n) is 9.32. The van der Waals surface area contributed by atoms with Crippen molar-refractivity contribution in [3.8, 4) is 5.75 Å². The summed E-state index contributed by atoms with van der Waals surface area (Å²) in [6.07, 6.45) is 1.30. The number of carboxylic acid groups (broad SMARTS) is 1. The van der Waals surface area contributed by atoms with Gasteiger partial charge < -0.3 is 20.1 Å². The second kappa shape index (κ2) is 7.67. The Bertz CT molecular complexity index is 1120. The lowest BCUT2D eigenvalue weighted by atomic mass is 9.84. The minimum atomic E-state index is -1.07. The van der Waals surface area contributed by atoms with E-state index in [1.54, 1.807) is 6.07 Å². The number of fused-ring (bicyclic) bond motifs is 3. The van der Waals surface area contributed by atoms with E-state index in [1.807, 2.05) is 42.5 Å². The van der Waals surface area contributed by atoms with Gasteiger partial charge in [-0.25, -0.2) is 4.79 Å². The molecule has 1 heterocycles. The number of hydrogen-bond acceptors (Lipinski definition) is 4. The maximum atomic E-state index is 12.3. The molecule has 1 unspecified atom stereocenters. The Morgan fingerprint density at radius 2 is 1.90 bits per heavy atom. The molecular weight excluding hydrogens is 388 g/mol. The summed E-state index contributed by atoms with van der Waals surface area (Å²) in [5, 5.41) is 9.76. The molecule has 1 aliphatic rings. The number of amides is 1. The summed E-state index contributed by atoms with van der Waals surface area (Å²) < 4.78 is 7.72. The number of ether oxygens (including phenoxy) is 1. The number of aliphatic carboxylic acids is 1. The fraction of sp³-hybridized carbons (Fsp3) is 0.227. The zero-order valence-electron chi connectivity index (χ0n) is 15.6. The van der Waals surface area contributed by atoms with Gasteiger partial charge in [-0.15, -0.1) is 0 Å². The zero-order chi connectivity index (χ0) is 20.5. The molecule has 0 spiro atoms. The summed E-state index contributed by atoms with van der Waals surface area (Å²) in [5.41, 5.74) is 9.46. The van der Waals surface area contributed by atoms with Gasteiger partial charge in [0.2, 0.25) is 5.91 Å². The number of thiocarbonyl (C=S) groups is 1. The molecule has 3 N–H and O–H groups in total. The van der Waals surface area contributed by atoms with Crippen molar-refractivity contribution in [3.63, 3.8) is 0 Å². The van der Waals surface area contributed by atoms with E-state index in [9.17, 15) is 9.59 Å². The van der Waals surface area contributed by atoms with E-state index in [0.717, 1.165) is 22.3 Å². The summed E-state index contributed by atoms with van der Waals surface area (Å²) in [4.78, 5) is 24.0. The normalized spacial score (nSPS) is 15.9. The third-order valence-corrected chi connectivity index (χ3v) is 5.68. The van der Waals surface area contributed by atoms with Crippen molar-refractivity contribution in [1.82, 2.24) is 4.57 Å². The van der Waals surface area contributed by atoms with E-state index in [-0.39, 0.29) is 0 Å². The molecule has 1 atom stereocenters. The van der Waals surface area contributed by atoms with Crippen molar-refractivity contribution in [2.24, 2.45) is 5.73 Å². The van der Waals surface area contributed by atoms with Gasteiger partial charge in [-0.3, -0.25) is 4.79 Å². The zero-order valence-corrected chi connectivity index (χ0v) is 16.4. The van der Waals surface area contributed by atoms with Gasteiger partial charge >= 0.3 is 5.97 Å². The van der Waals surface area contributed by atoms with Crippen molar-refractivity contribution in [1.29, 1.82) is 0 Å². The van der Waals surface area contributed by atoms with Gasteiger partial charge in [0.15, 0.2) is 6.61 Å². The highest BCUT2D eigenvalue weighted by Crippen LogP contribution is 2.42. The molecule has 1 aliphatic carbocycles. The van der Waals surface area contributed by atoms with Crippen molar-refractivity contribution in [2.75, 3.05) is 6.61 Å². The Balaban J connectivity index is 1.96. The molecule has 1 amide bonds. The molecular formula is C22H20N2O4S. The highest BCUT2D eigenvalue weighted by Gasteiger charge is 2.35. The van der Waals surface area contributed by atoms with Crippen LogP contribution in [-0.2, 0) is 22.6 Å². The van der Waals surface area contributed by atoms with Crippen molar-refractivity contribution >= 4 is 39.9 Å². The lowest BCUT2D eigenvalue weighted by Gasteiger charge is -2.23. The maximum absolute atomic E-state index is 12.3. The highest BCUT2D eigenvalue weighted by atomic mass is 32.1. The highest BCUT2D eigenvalue weighted by molar-refractivity contribution is 7.80. The average molecular weight is 408 g/mol. The van der Waals surface area contributed by atoms with Crippen LogP contribution in [0.1, 0.15) is 29.2 Å². The van der Waals surface area contributed by atoms with Crippen molar-refractivity contribution in [2.45, 2.75) is 25.3 Å². The first-order valence-corrected chi connectivity index (χ1v) is 9.72. The summed E-state index contributed by atoms with van der Waals surface area (Å²) in [5.74, 6) is -1.84. The summed E-state index contributed by atoms with van der Waals surface area (Å²) in [6, 6.07) is 15.5. The van der Waals surface area contributed by atoms with Crippen LogP contribution in [0.2, 0.25) is 0 Å². The molecule has 0 saturated carbocycles. The lowest BCUT2D eigenvalue weighted by molar-refractivity contribution is -0.139. The van der Waals surface area contributed by atoms with Gasteiger partial charge in [0, 0.05) is 28.1 Å². The Kier molecular flexibility index (Phi) is 5.07. The molecule has 0 aliphatic heterocycles. The number of rotatable bonds is 6. The summed E-state index contributed by atoms with van der Waals surface area (Å²) in [7, 11) is 0. The molecule has 3 aromatic rings. The standard InChI is InChI=1S/C22H20N2O4S/c23-22(27)21-17(29)10-9-15-20(21)19-14(7-4-8-16(19)28-12-18(25)26)24(15)11-13-5-2-1-3-6-13/h1-8,21H,9-12H2,(H2,23,27)(H,25,26). The van der Waals surface area contributed by atoms with E-state index in [0.29, 0.717) is 35.4 Å². The number of primary amides is 1. The van der Waals surface area contributed by atoms with Crippen LogP contribution in [0.5, 0.6) is 5.75 Å². The Labute approximate surface area is 172 Å². The first-order chi connectivity index (χ1) is 14.0. The predicted molar refractivity (Wildman–Crippen MR) is 113 cm³/mol. The molecule has 29 heavy (non-hydrogen) atoms. The third-order valence-electron chi connectivity index (χ3n) is 5.24. The van der Waals surface area contributed by atoms with Crippen LogP contribution >= 0.6 is 12.2 Å². The van der Waals surface area contributed by atoms with Gasteiger partial charge in [-0.1, -0.05) is 48.6 Å². The van der Waals surface area contributed by atoms with Crippen LogP contribution in [0.15, 0.2) is 48.5 Å². The number of hydrogen-bond donors (Lipinski definition) is 2. The Morgan fingerprint density at radius 1 is 1.14 bits per heavy atom.